The minimum absolute atomic E-state index is 0.133. The maximum Gasteiger partial charge on any atom is 0.276 e. The lowest BCUT2D eigenvalue weighted by molar-refractivity contribution is -0.110. The third kappa shape index (κ3) is 3.70. The zero-order valence-corrected chi connectivity index (χ0v) is 14.6. The second kappa shape index (κ2) is 7.29. The maximum atomic E-state index is 12.3. The zero-order valence-electron chi connectivity index (χ0n) is 13.8. The van der Waals surface area contributed by atoms with E-state index in [9.17, 15) is 4.79 Å². The Bertz CT molecular complexity index is 802. The smallest absolute Gasteiger partial charge is 0.276 e. The fourth-order valence-corrected chi connectivity index (χ4v) is 3.75. The van der Waals surface area contributed by atoms with Gasteiger partial charge in [0, 0.05) is 16.2 Å². The van der Waals surface area contributed by atoms with E-state index in [2.05, 4.69) is 28.6 Å². The average Bonchev–Trinajstić information content (AvgIpc) is 2.96. The highest BCUT2D eigenvalue weighted by Gasteiger charge is 2.27. The standard InChI is InChI=1S/C19H19N3O2S/c23-19-18(21-22-8-10-24-11-9-22)16-7-6-15(12-17(16)20-19)25-13-14-4-2-1-3-5-14/h1-7,12H,8-11,13H2,(H,20,21,23). The molecule has 2 aromatic carbocycles. The van der Waals surface area contributed by atoms with Crippen LogP contribution >= 0.6 is 11.8 Å². The number of rotatable bonds is 4. The van der Waals surface area contributed by atoms with Gasteiger partial charge >= 0.3 is 0 Å². The van der Waals surface area contributed by atoms with Gasteiger partial charge in [-0.1, -0.05) is 30.3 Å². The number of benzene rings is 2. The summed E-state index contributed by atoms with van der Waals surface area (Å²) in [5, 5.41) is 9.37. The molecule has 0 atom stereocenters. The molecule has 0 bridgehead atoms. The molecular weight excluding hydrogens is 334 g/mol. The monoisotopic (exact) mass is 353 g/mol. The van der Waals surface area contributed by atoms with E-state index in [4.69, 9.17) is 4.74 Å². The summed E-state index contributed by atoms with van der Waals surface area (Å²) in [4.78, 5) is 13.4. The lowest BCUT2D eigenvalue weighted by atomic mass is 10.1. The van der Waals surface area contributed by atoms with Crippen LogP contribution in [0.4, 0.5) is 5.69 Å². The Hall–Kier alpha value is -2.31. The second-order valence-corrected chi connectivity index (χ2v) is 7.00. The van der Waals surface area contributed by atoms with Gasteiger partial charge in [0.2, 0.25) is 0 Å². The molecule has 2 aliphatic rings. The van der Waals surface area contributed by atoms with Crippen LogP contribution in [-0.4, -0.2) is 42.9 Å². The van der Waals surface area contributed by atoms with Crippen LogP contribution in [0.2, 0.25) is 0 Å². The van der Waals surface area contributed by atoms with Crippen molar-refractivity contribution in [2.24, 2.45) is 5.10 Å². The fraction of sp³-hybridized carbons (Fsp3) is 0.263. The quantitative estimate of drug-likeness (QED) is 0.859. The summed E-state index contributed by atoms with van der Waals surface area (Å²) in [5.74, 6) is 0.772. The summed E-state index contributed by atoms with van der Waals surface area (Å²) in [6.45, 7) is 2.74. The summed E-state index contributed by atoms with van der Waals surface area (Å²) in [5.41, 5.74) is 3.50. The number of carbonyl (C=O) groups excluding carboxylic acids is 1. The van der Waals surface area contributed by atoms with Gasteiger partial charge in [0.1, 0.15) is 0 Å². The molecular formula is C19H19N3O2S. The van der Waals surface area contributed by atoms with Gasteiger partial charge < -0.3 is 10.1 Å². The van der Waals surface area contributed by atoms with Crippen molar-refractivity contribution in [1.82, 2.24) is 5.01 Å². The Morgan fingerprint density at radius 3 is 2.72 bits per heavy atom. The molecule has 1 N–H and O–H groups in total. The third-order valence-electron chi connectivity index (χ3n) is 4.19. The molecule has 1 saturated heterocycles. The molecule has 2 aromatic rings. The third-order valence-corrected chi connectivity index (χ3v) is 5.25. The summed E-state index contributed by atoms with van der Waals surface area (Å²) >= 11 is 1.76. The molecule has 25 heavy (non-hydrogen) atoms. The molecule has 0 radical (unpaired) electrons. The number of anilines is 1. The van der Waals surface area contributed by atoms with Crippen LogP contribution in [-0.2, 0) is 15.3 Å². The number of hydrogen-bond donors (Lipinski definition) is 1. The van der Waals surface area contributed by atoms with E-state index in [1.165, 1.54) is 5.56 Å². The molecule has 0 aliphatic carbocycles. The number of carbonyl (C=O) groups is 1. The zero-order chi connectivity index (χ0) is 17.1. The van der Waals surface area contributed by atoms with Gasteiger partial charge in [-0.15, -0.1) is 11.8 Å². The van der Waals surface area contributed by atoms with Gasteiger partial charge in [-0.05, 0) is 23.8 Å². The highest BCUT2D eigenvalue weighted by molar-refractivity contribution is 7.98. The van der Waals surface area contributed by atoms with Crippen molar-refractivity contribution in [2.45, 2.75) is 10.6 Å². The van der Waals surface area contributed by atoms with Crippen molar-refractivity contribution in [2.75, 3.05) is 31.6 Å². The number of thioether (sulfide) groups is 1. The SMILES string of the molecule is O=C1Nc2cc(SCc3ccccc3)ccc2/C1=N/N1CCOCC1. The van der Waals surface area contributed by atoms with Gasteiger partial charge in [-0.2, -0.15) is 5.10 Å². The van der Waals surface area contributed by atoms with Gasteiger partial charge in [0.15, 0.2) is 5.71 Å². The lowest BCUT2D eigenvalue weighted by Crippen LogP contribution is -2.34. The van der Waals surface area contributed by atoms with Crippen molar-refractivity contribution in [3.63, 3.8) is 0 Å². The Balaban J connectivity index is 1.50. The number of ether oxygens (including phenoxy) is 1. The van der Waals surface area contributed by atoms with Crippen LogP contribution in [0.5, 0.6) is 0 Å². The van der Waals surface area contributed by atoms with Gasteiger partial charge in [-0.25, -0.2) is 0 Å². The van der Waals surface area contributed by atoms with Crippen molar-refractivity contribution in [1.29, 1.82) is 0 Å². The van der Waals surface area contributed by atoms with E-state index in [1.54, 1.807) is 11.8 Å². The van der Waals surface area contributed by atoms with E-state index in [0.717, 1.165) is 35.0 Å². The molecule has 4 rings (SSSR count). The molecule has 2 aliphatic heterocycles. The van der Waals surface area contributed by atoms with Crippen molar-refractivity contribution < 1.29 is 9.53 Å². The topological polar surface area (TPSA) is 53.9 Å². The van der Waals surface area contributed by atoms with E-state index in [-0.39, 0.29) is 5.91 Å². The first kappa shape index (κ1) is 16.2. The fourth-order valence-electron chi connectivity index (χ4n) is 2.86. The Morgan fingerprint density at radius 1 is 1.12 bits per heavy atom. The number of fused-ring (bicyclic) bond motifs is 1. The Morgan fingerprint density at radius 2 is 1.92 bits per heavy atom. The Labute approximate surface area is 151 Å². The number of hydrogen-bond acceptors (Lipinski definition) is 5. The first-order chi connectivity index (χ1) is 12.3. The van der Waals surface area contributed by atoms with E-state index < -0.39 is 0 Å². The maximum absolute atomic E-state index is 12.3. The molecule has 6 heteroatoms. The highest BCUT2D eigenvalue weighted by atomic mass is 32.2. The molecule has 0 unspecified atom stereocenters. The number of nitrogens with zero attached hydrogens (tertiary/aromatic N) is 2. The van der Waals surface area contributed by atoms with Crippen molar-refractivity contribution in [3.05, 3.63) is 59.7 Å². The van der Waals surface area contributed by atoms with Crippen LogP contribution in [0.25, 0.3) is 0 Å². The first-order valence-corrected chi connectivity index (χ1v) is 9.32. The minimum Gasteiger partial charge on any atom is -0.378 e. The molecule has 1 amide bonds. The normalized spacial score (nSPS) is 18.3. The first-order valence-electron chi connectivity index (χ1n) is 8.33. The molecule has 0 spiro atoms. The van der Waals surface area contributed by atoms with Gasteiger partial charge in [-0.3, -0.25) is 9.80 Å². The van der Waals surface area contributed by atoms with E-state index >= 15 is 0 Å². The average molecular weight is 353 g/mol. The van der Waals surface area contributed by atoms with Crippen LogP contribution < -0.4 is 5.32 Å². The molecule has 2 heterocycles. The van der Waals surface area contributed by atoms with Crippen LogP contribution in [0, 0.1) is 0 Å². The number of amides is 1. The van der Waals surface area contributed by atoms with Crippen LogP contribution in [0.3, 0.4) is 0 Å². The lowest BCUT2D eigenvalue weighted by Gasteiger charge is -2.24. The van der Waals surface area contributed by atoms with Crippen LogP contribution in [0.15, 0.2) is 58.5 Å². The van der Waals surface area contributed by atoms with E-state index in [0.29, 0.717) is 18.9 Å². The number of morpholine rings is 1. The summed E-state index contributed by atoms with van der Waals surface area (Å²) in [6, 6.07) is 16.4. The van der Waals surface area contributed by atoms with Crippen LogP contribution in [0.1, 0.15) is 11.1 Å². The van der Waals surface area contributed by atoms with Crippen molar-refractivity contribution in [3.8, 4) is 0 Å². The Kier molecular flexibility index (Phi) is 4.72. The summed E-state index contributed by atoms with van der Waals surface area (Å²) in [7, 11) is 0. The van der Waals surface area contributed by atoms with Gasteiger partial charge in [0.05, 0.1) is 32.0 Å². The molecule has 0 aromatic heterocycles. The van der Waals surface area contributed by atoms with Crippen molar-refractivity contribution >= 4 is 29.1 Å². The van der Waals surface area contributed by atoms with E-state index in [1.807, 2.05) is 35.3 Å². The highest BCUT2D eigenvalue weighted by Crippen LogP contribution is 2.31. The predicted octanol–water partition coefficient (Wildman–Crippen LogP) is 2.97. The summed E-state index contributed by atoms with van der Waals surface area (Å²) in [6.07, 6.45) is 0. The van der Waals surface area contributed by atoms with Gasteiger partial charge in [0.25, 0.3) is 5.91 Å². The second-order valence-electron chi connectivity index (χ2n) is 5.95. The molecule has 0 saturated carbocycles. The molecule has 128 valence electrons. The molecule has 5 nitrogen and oxygen atoms in total. The summed E-state index contributed by atoms with van der Waals surface area (Å²) < 4.78 is 5.33. The minimum atomic E-state index is -0.133. The predicted molar refractivity (Wildman–Crippen MR) is 100 cm³/mol. The molecule has 1 fully saturated rings. The number of nitrogens with one attached hydrogen (secondary N) is 1. The number of hydrazone groups is 1. The largest absolute Gasteiger partial charge is 0.378 e.